The monoisotopic (exact) mass is 264 g/mol. The first kappa shape index (κ1) is 9.40. The number of fused-ring (bicyclic) bond motifs is 1. The number of hydrogen-bond acceptors (Lipinski definition) is 1. The summed E-state index contributed by atoms with van der Waals surface area (Å²) in [6.07, 6.45) is 4.01. The molecule has 0 bridgehead atoms. The lowest BCUT2D eigenvalue weighted by Crippen LogP contribution is -2.13. The molecule has 1 aromatic heterocycles. The molecule has 0 N–H and O–H groups in total. The van der Waals surface area contributed by atoms with E-state index in [1.54, 1.807) is 0 Å². The lowest BCUT2D eigenvalue weighted by atomic mass is 9.82. The highest BCUT2D eigenvalue weighted by Gasteiger charge is 2.25. The lowest BCUT2D eigenvalue weighted by Gasteiger charge is -2.25. The zero-order valence-corrected chi connectivity index (χ0v) is 10.3. The summed E-state index contributed by atoms with van der Waals surface area (Å²) in [5.41, 5.74) is 2.53. The van der Waals surface area contributed by atoms with Crippen molar-refractivity contribution in [1.82, 2.24) is 9.78 Å². The molecule has 1 aromatic carbocycles. The molecule has 0 aliphatic heterocycles. The second-order valence-electron chi connectivity index (χ2n) is 4.30. The third-order valence-electron chi connectivity index (χ3n) is 3.33. The average molecular weight is 265 g/mol. The van der Waals surface area contributed by atoms with Crippen molar-refractivity contribution in [3.8, 4) is 0 Å². The Balaban J connectivity index is 2.25. The molecular formula is C12H13BrN2. The van der Waals surface area contributed by atoms with Crippen LogP contribution in [0, 0.1) is 0 Å². The molecule has 0 spiro atoms. The summed E-state index contributed by atoms with van der Waals surface area (Å²) >= 11 is 3.53. The molecule has 0 unspecified atom stereocenters. The van der Waals surface area contributed by atoms with Gasteiger partial charge in [0.15, 0.2) is 0 Å². The Morgan fingerprint density at radius 2 is 2.20 bits per heavy atom. The van der Waals surface area contributed by atoms with E-state index in [-0.39, 0.29) is 0 Å². The van der Waals surface area contributed by atoms with Crippen LogP contribution >= 0.6 is 15.9 Å². The highest BCUT2D eigenvalue weighted by molar-refractivity contribution is 9.10. The van der Waals surface area contributed by atoms with Gasteiger partial charge in [-0.05, 0) is 31.0 Å². The van der Waals surface area contributed by atoms with Gasteiger partial charge in [0.25, 0.3) is 0 Å². The second-order valence-corrected chi connectivity index (χ2v) is 5.21. The van der Waals surface area contributed by atoms with Crippen LogP contribution in [0.3, 0.4) is 0 Å². The molecule has 0 saturated heterocycles. The third kappa shape index (κ3) is 1.41. The van der Waals surface area contributed by atoms with Crippen molar-refractivity contribution in [2.45, 2.75) is 25.2 Å². The molecule has 1 heterocycles. The fraction of sp³-hybridized carbons (Fsp3) is 0.417. The van der Waals surface area contributed by atoms with Gasteiger partial charge in [0.1, 0.15) is 0 Å². The maximum absolute atomic E-state index is 4.55. The number of benzene rings is 1. The maximum Gasteiger partial charge on any atom is 0.0927 e. The summed E-state index contributed by atoms with van der Waals surface area (Å²) in [7, 11) is 2.06. The van der Waals surface area contributed by atoms with Crippen LogP contribution in [0.15, 0.2) is 22.7 Å². The van der Waals surface area contributed by atoms with Crippen molar-refractivity contribution >= 4 is 26.8 Å². The van der Waals surface area contributed by atoms with Gasteiger partial charge in [-0.2, -0.15) is 5.10 Å². The van der Waals surface area contributed by atoms with E-state index in [0.29, 0.717) is 0 Å². The van der Waals surface area contributed by atoms with Crippen LogP contribution in [-0.4, -0.2) is 9.78 Å². The predicted molar refractivity (Wildman–Crippen MR) is 65.0 cm³/mol. The zero-order chi connectivity index (χ0) is 10.4. The van der Waals surface area contributed by atoms with Gasteiger partial charge >= 0.3 is 0 Å². The van der Waals surface area contributed by atoms with E-state index in [1.165, 1.54) is 30.3 Å². The summed E-state index contributed by atoms with van der Waals surface area (Å²) < 4.78 is 3.20. The Labute approximate surface area is 97.4 Å². The highest BCUT2D eigenvalue weighted by atomic mass is 79.9. The molecule has 0 atom stereocenters. The summed E-state index contributed by atoms with van der Waals surface area (Å²) in [5.74, 6) is 0.731. The van der Waals surface area contributed by atoms with Crippen LogP contribution in [0.25, 0.3) is 10.9 Å². The number of rotatable bonds is 1. The van der Waals surface area contributed by atoms with Crippen molar-refractivity contribution in [2.24, 2.45) is 7.05 Å². The van der Waals surface area contributed by atoms with E-state index in [9.17, 15) is 0 Å². The molecule has 2 aromatic rings. The van der Waals surface area contributed by atoms with Crippen molar-refractivity contribution in [3.05, 3.63) is 28.4 Å². The van der Waals surface area contributed by atoms with Crippen LogP contribution < -0.4 is 0 Å². The first-order valence-corrected chi connectivity index (χ1v) is 6.17. The molecular weight excluding hydrogens is 252 g/mol. The number of nitrogens with zero attached hydrogens (tertiary/aromatic N) is 2. The van der Waals surface area contributed by atoms with E-state index >= 15 is 0 Å². The molecule has 15 heavy (non-hydrogen) atoms. The topological polar surface area (TPSA) is 17.8 Å². The first-order valence-electron chi connectivity index (χ1n) is 5.38. The van der Waals surface area contributed by atoms with Gasteiger partial charge in [0, 0.05) is 28.5 Å². The minimum atomic E-state index is 0.731. The van der Waals surface area contributed by atoms with Crippen molar-refractivity contribution < 1.29 is 0 Å². The molecule has 1 saturated carbocycles. The molecule has 0 radical (unpaired) electrons. The minimum absolute atomic E-state index is 0.731. The number of aryl methyl sites for hydroxylation is 1. The molecule has 1 aliphatic rings. The summed E-state index contributed by atoms with van der Waals surface area (Å²) in [5, 5.41) is 5.87. The molecule has 2 nitrogen and oxygen atoms in total. The predicted octanol–water partition coefficient (Wildman–Crippen LogP) is 3.60. The van der Waals surface area contributed by atoms with Gasteiger partial charge in [0.2, 0.25) is 0 Å². The van der Waals surface area contributed by atoms with Gasteiger partial charge in [0.05, 0.1) is 5.52 Å². The van der Waals surface area contributed by atoms with Crippen LogP contribution in [-0.2, 0) is 7.05 Å². The lowest BCUT2D eigenvalue weighted by molar-refractivity contribution is 0.399. The third-order valence-corrected chi connectivity index (χ3v) is 3.83. The van der Waals surface area contributed by atoms with E-state index < -0.39 is 0 Å². The summed E-state index contributed by atoms with van der Waals surface area (Å²) in [6, 6.07) is 6.33. The van der Waals surface area contributed by atoms with Gasteiger partial charge in [-0.3, -0.25) is 4.68 Å². The standard InChI is InChI=1S/C12H13BrN2/c1-15-12(8-3-2-4-8)10-7-9(13)5-6-11(10)14-15/h5-8H,2-4H2,1H3. The normalized spacial score (nSPS) is 16.9. The van der Waals surface area contributed by atoms with Crippen LogP contribution in [0.1, 0.15) is 30.9 Å². The van der Waals surface area contributed by atoms with Gasteiger partial charge in [-0.15, -0.1) is 0 Å². The van der Waals surface area contributed by atoms with Crippen LogP contribution in [0.4, 0.5) is 0 Å². The Morgan fingerprint density at radius 3 is 2.87 bits per heavy atom. The average Bonchev–Trinajstić information content (AvgIpc) is 2.42. The highest BCUT2D eigenvalue weighted by Crippen LogP contribution is 2.39. The molecule has 1 aliphatic carbocycles. The molecule has 0 amide bonds. The van der Waals surface area contributed by atoms with E-state index in [1.807, 2.05) is 0 Å². The number of aromatic nitrogens is 2. The van der Waals surface area contributed by atoms with Crippen LogP contribution in [0.2, 0.25) is 0 Å². The summed E-state index contributed by atoms with van der Waals surface area (Å²) in [6.45, 7) is 0. The fourth-order valence-corrected chi connectivity index (χ4v) is 2.72. The molecule has 1 fully saturated rings. The molecule has 78 valence electrons. The fourth-order valence-electron chi connectivity index (χ4n) is 2.36. The second kappa shape index (κ2) is 3.34. The van der Waals surface area contributed by atoms with Crippen molar-refractivity contribution in [3.63, 3.8) is 0 Å². The summed E-state index contributed by atoms with van der Waals surface area (Å²) in [4.78, 5) is 0. The first-order chi connectivity index (χ1) is 7.25. The Bertz CT molecular complexity index is 512. The van der Waals surface area contributed by atoms with E-state index in [0.717, 1.165) is 15.9 Å². The van der Waals surface area contributed by atoms with Gasteiger partial charge in [-0.1, -0.05) is 22.4 Å². The SMILES string of the molecule is Cn1nc2ccc(Br)cc2c1C1CCC1. The van der Waals surface area contributed by atoms with Crippen molar-refractivity contribution in [2.75, 3.05) is 0 Å². The zero-order valence-electron chi connectivity index (χ0n) is 8.70. The Morgan fingerprint density at radius 1 is 1.40 bits per heavy atom. The Hall–Kier alpha value is -0.830. The quantitative estimate of drug-likeness (QED) is 0.770. The number of halogens is 1. The van der Waals surface area contributed by atoms with Gasteiger partial charge < -0.3 is 0 Å². The molecule has 3 heteroatoms. The van der Waals surface area contributed by atoms with E-state index in [4.69, 9.17) is 0 Å². The molecule has 3 rings (SSSR count). The number of hydrogen-bond donors (Lipinski definition) is 0. The van der Waals surface area contributed by atoms with E-state index in [2.05, 4.69) is 51.0 Å². The van der Waals surface area contributed by atoms with Gasteiger partial charge in [-0.25, -0.2) is 0 Å². The Kier molecular flexibility index (Phi) is 2.09. The maximum atomic E-state index is 4.55. The minimum Gasteiger partial charge on any atom is -0.271 e. The largest absolute Gasteiger partial charge is 0.271 e. The van der Waals surface area contributed by atoms with Crippen LogP contribution in [0.5, 0.6) is 0 Å². The smallest absolute Gasteiger partial charge is 0.0927 e. The van der Waals surface area contributed by atoms with Crippen molar-refractivity contribution in [1.29, 1.82) is 0 Å².